The van der Waals surface area contributed by atoms with E-state index in [1.807, 2.05) is 62.3 Å². The van der Waals surface area contributed by atoms with Gasteiger partial charge in [-0.2, -0.15) is 0 Å². The average molecular weight is 407 g/mol. The van der Waals surface area contributed by atoms with Gasteiger partial charge in [-0.05, 0) is 43.2 Å². The summed E-state index contributed by atoms with van der Waals surface area (Å²) in [5.41, 5.74) is 1.53. The highest BCUT2D eigenvalue weighted by molar-refractivity contribution is 6.24. The molecule has 0 bridgehead atoms. The topological polar surface area (TPSA) is 90.0 Å². The number of nitrogens with one attached hydrogen (secondary N) is 1. The van der Waals surface area contributed by atoms with Crippen LogP contribution in [0.3, 0.4) is 0 Å². The Labute approximate surface area is 175 Å². The highest BCUT2D eigenvalue weighted by Crippen LogP contribution is 2.50. The number of benzene rings is 2. The summed E-state index contributed by atoms with van der Waals surface area (Å²) in [7, 11) is 3.86. The van der Waals surface area contributed by atoms with Gasteiger partial charge in [0.25, 0.3) is 0 Å². The number of carbonyl (C=O) groups excluding carboxylic acids is 2. The van der Waals surface area contributed by atoms with Crippen molar-refractivity contribution in [3.05, 3.63) is 59.7 Å². The molecular weight excluding hydrogens is 382 g/mol. The summed E-state index contributed by atoms with van der Waals surface area (Å²) in [6.45, 7) is 3.32. The number of carboxylic acids is 1. The lowest BCUT2D eigenvalue weighted by atomic mass is 9.80. The molecule has 2 aromatic rings. The quantitative estimate of drug-likeness (QED) is 0.757. The highest BCUT2D eigenvalue weighted by atomic mass is 16.4. The zero-order chi connectivity index (χ0) is 21.8. The van der Waals surface area contributed by atoms with Crippen molar-refractivity contribution in [2.24, 2.45) is 11.8 Å². The maximum atomic E-state index is 13.5. The van der Waals surface area contributed by atoms with Crippen LogP contribution in [0.15, 0.2) is 48.5 Å². The number of hydrogen-bond acceptors (Lipinski definition) is 5. The molecule has 7 heteroatoms. The molecule has 30 heavy (non-hydrogen) atoms. The Morgan fingerprint density at radius 3 is 2.27 bits per heavy atom. The first-order valence-corrected chi connectivity index (χ1v) is 9.88. The lowest BCUT2D eigenvalue weighted by Gasteiger charge is -2.28. The third-order valence-electron chi connectivity index (χ3n) is 6.36. The number of carboxylic acid groups (broad SMARTS) is 1. The van der Waals surface area contributed by atoms with E-state index in [2.05, 4.69) is 5.32 Å². The average Bonchev–Trinajstić information content (AvgIpc) is 3.17. The van der Waals surface area contributed by atoms with Crippen molar-refractivity contribution in [1.29, 1.82) is 0 Å². The Bertz CT molecular complexity index is 1030. The third kappa shape index (κ3) is 2.81. The van der Waals surface area contributed by atoms with Crippen LogP contribution in [0.2, 0.25) is 0 Å². The lowest BCUT2D eigenvalue weighted by Crippen LogP contribution is -2.53. The van der Waals surface area contributed by atoms with Gasteiger partial charge in [0.2, 0.25) is 11.8 Å². The minimum Gasteiger partial charge on any atom is -0.480 e. The van der Waals surface area contributed by atoms with Gasteiger partial charge >= 0.3 is 5.97 Å². The third-order valence-corrected chi connectivity index (χ3v) is 6.36. The van der Waals surface area contributed by atoms with E-state index < -0.39 is 35.3 Å². The van der Waals surface area contributed by atoms with E-state index in [9.17, 15) is 19.5 Å². The van der Waals surface area contributed by atoms with Crippen LogP contribution in [0.5, 0.6) is 0 Å². The Kier molecular flexibility index (Phi) is 4.66. The number of para-hydroxylation sites is 1. The Morgan fingerprint density at radius 2 is 1.70 bits per heavy atom. The predicted octanol–water partition coefficient (Wildman–Crippen LogP) is 2.35. The van der Waals surface area contributed by atoms with E-state index >= 15 is 0 Å². The smallest absolute Gasteiger partial charge is 0.324 e. The minimum absolute atomic E-state index is 0.363. The van der Waals surface area contributed by atoms with E-state index in [0.29, 0.717) is 5.69 Å². The Morgan fingerprint density at radius 1 is 1.07 bits per heavy atom. The van der Waals surface area contributed by atoms with Gasteiger partial charge in [0.05, 0.1) is 17.5 Å². The minimum atomic E-state index is -1.54. The molecule has 0 aliphatic carbocycles. The van der Waals surface area contributed by atoms with Crippen LogP contribution in [-0.2, 0) is 14.4 Å². The number of aliphatic carboxylic acids is 1. The summed E-state index contributed by atoms with van der Waals surface area (Å²) in [4.78, 5) is 42.2. The molecule has 0 saturated carbocycles. The molecule has 0 radical (unpaired) electrons. The van der Waals surface area contributed by atoms with Crippen molar-refractivity contribution in [2.75, 3.05) is 23.9 Å². The Balaban J connectivity index is 1.80. The van der Waals surface area contributed by atoms with E-state index in [0.717, 1.165) is 16.8 Å². The van der Waals surface area contributed by atoms with Gasteiger partial charge in [-0.3, -0.25) is 19.7 Å². The first-order valence-electron chi connectivity index (χ1n) is 9.88. The summed E-state index contributed by atoms with van der Waals surface area (Å²) in [6, 6.07) is 14.2. The normalized spacial score (nSPS) is 28.0. The second-order valence-electron chi connectivity index (χ2n) is 8.42. The standard InChI is InChI=1S/C23H25N3O4/c1-13-7-5-6-8-16(13)26-20(27)17-18(21(26)28)23(2,22(29)30)24-19(17)14-9-11-15(12-10-14)25(3)4/h5-12,17-19,24H,1-4H3,(H,29,30). The fourth-order valence-electron chi connectivity index (χ4n) is 4.65. The number of fused-ring (bicyclic) bond motifs is 1. The largest absolute Gasteiger partial charge is 0.480 e. The van der Waals surface area contributed by atoms with Crippen LogP contribution in [0.25, 0.3) is 0 Å². The lowest BCUT2D eigenvalue weighted by molar-refractivity contribution is -0.147. The number of nitrogens with zero attached hydrogens (tertiary/aromatic N) is 2. The molecule has 156 valence electrons. The molecule has 4 rings (SSSR count). The van der Waals surface area contributed by atoms with Crippen molar-refractivity contribution in [2.45, 2.75) is 25.4 Å². The molecule has 2 aromatic carbocycles. The first kappa shape index (κ1) is 20.1. The fraction of sp³-hybridized carbons (Fsp3) is 0.348. The van der Waals surface area contributed by atoms with E-state index in [1.165, 1.54) is 11.8 Å². The second-order valence-corrected chi connectivity index (χ2v) is 8.42. The maximum Gasteiger partial charge on any atom is 0.324 e. The summed E-state index contributed by atoms with van der Waals surface area (Å²) >= 11 is 0. The molecule has 2 amide bonds. The van der Waals surface area contributed by atoms with Crippen LogP contribution in [0.4, 0.5) is 11.4 Å². The zero-order valence-corrected chi connectivity index (χ0v) is 17.4. The fourth-order valence-corrected chi connectivity index (χ4v) is 4.65. The van der Waals surface area contributed by atoms with E-state index in [-0.39, 0.29) is 5.91 Å². The molecule has 4 unspecified atom stereocenters. The Hall–Kier alpha value is -3.19. The van der Waals surface area contributed by atoms with Gasteiger partial charge in [-0.25, -0.2) is 4.90 Å². The summed E-state index contributed by atoms with van der Waals surface area (Å²) in [5, 5.41) is 13.1. The van der Waals surface area contributed by atoms with Gasteiger partial charge < -0.3 is 10.0 Å². The number of anilines is 2. The van der Waals surface area contributed by atoms with Crippen LogP contribution in [-0.4, -0.2) is 42.5 Å². The zero-order valence-electron chi connectivity index (χ0n) is 17.4. The van der Waals surface area contributed by atoms with Crippen molar-refractivity contribution in [3.8, 4) is 0 Å². The molecule has 2 aliphatic rings. The summed E-state index contributed by atoms with van der Waals surface area (Å²) in [6.07, 6.45) is 0. The van der Waals surface area contributed by atoms with Gasteiger partial charge in [0.1, 0.15) is 5.54 Å². The number of imide groups is 1. The van der Waals surface area contributed by atoms with Gasteiger partial charge in [-0.15, -0.1) is 0 Å². The molecule has 2 aliphatic heterocycles. The van der Waals surface area contributed by atoms with Crippen LogP contribution < -0.4 is 15.1 Å². The number of aryl methyl sites for hydroxylation is 1. The molecule has 2 heterocycles. The monoisotopic (exact) mass is 407 g/mol. The van der Waals surface area contributed by atoms with Gasteiger partial charge in [-0.1, -0.05) is 30.3 Å². The molecule has 4 atom stereocenters. The SMILES string of the molecule is Cc1ccccc1N1C(=O)C2C(c3ccc(N(C)C)cc3)NC(C)(C(=O)O)C2C1=O. The van der Waals surface area contributed by atoms with Crippen molar-refractivity contribution < 1.29 is 19.5 Å². The van der Waals surface area contributed by atoms with Gasteiger partial charge in [0, 0.05) is 25.8 Å². The molecule has 2 saturated heterocycles. The van der Waals surface area contributed by atoms with Crippen LogP contribution >= 0.6 is 0 Å². The van der Waals surface area contributed by atoms with E-state index in [4.69, 9.17) is 0 Å². The summed E-state index contributed by atoms with van der Waals surface area (Å²) < 4.78 is 0. The molecule has 0 aromatic heterocycles. The summed E-state index contributed by atoms with van der Waals surface area (Å²) in [5.74, 6) is -3.75. The molecule has 2 N–H and O–H groups in total. The number of rotatable bonds is 4. The van der Waals surface area contributed by atoms with Crippen molar-refractivity contribution >= 4 is 29.2 Å². The molecule has 2 fully saturated rings. The molecule has 0 spiro atoms. The molecular formula is C23H25N3O4. The highest BCUT2D eigenvalue weighted by Gasteiger charge is 2.66. The van der Waals surface area contributed by atoms with Gasteiger partial charge in [0.15, 0.2) is 0 Å². The maximum absolute atomic E-state index is 13.5. The van der Waals surface area contributed by atoms with Crippen molar-refractivity contribution in [1.82, 2.24) is 5.32 Å². The number of amides is 2. The second kappa shape index (κ2) is 6.95. The molecule has 7 nitrogen and oxygen atoms in total. The van der Waals surface area contributed by atoms with Crippen molar-refractivity contribution in [3.63, 3.8) is 0 Å². The number of hydrogen-bond donors (Lipinski definition) is 2. The number of carbonyl (C=O) groups is 3. The van der Waals surface area contributed by atoms with E-state index in [1.54, 1.807) is 12.1 Å². The first-order chi connectivity index (χ1) is 14.2. The van der Waals surface area contributed by atoms with Crippen LogP contribution in [0.1, 0.15) is 24.1 Å². The predicted molar refractivity (Wildman–Crippen MR) is 113 cm³/mol. The van der Waals surface area contributed by atoms with Crippen LogP contribution in [0, 0.1) is 18.8 Å².